The Hall–Kier alpha value is -2.31. The highest BCUT2D eigenvalue weighted by Gasteiger charge is 2.12. The lowest BCUT2D eigenvalue weighted by Crippen LogP contribution is -2.39. The Morgan fingerprint density at radius 1 is 1.22 bits per heavy atom. The van der Waals surface area contributed by atoms with Crippen LogP contribution in [0.5, 0.6) is 0 Å². The highest BCUT2D eigenvalue weighted by molar-refractivity contribution is 6.31. The number of nitrogens with one attached hydrogen (secondary N) is 2. The van der Waals surface area contributed by atoms with Crippen molar-refractivity contribution in [1.82, 2.24) is 20.4 Å². The summed E-state index contributed by atoms with van der Waals surface area (Å²) < 4.78 is 1.66. The molecule has 0 spiro atoms. The van der Waals surface area contributed by atoms with Gasteiger partial charge in [-0.1, -0.05) is 35.3 Å². The number of halogens is 2. The highest BCUT2D eigenvalue weighted by Crippen LogP contribution is 2.22. The van der Waals surface area contributed by atoms with E-state index in [1.807, 2.05) is 45.0 Å². The van der Waals surface area contributed by atoms with Crippen molar-refractivity contribution in [3.05, 3.63) is 57.3 Å². The Morgan fingerprint density at radius 2 is 1.89 bits per heavy atom. The van der Waals surface area contributed by atoms with Gasteiger partial charge in [0.15, 0.2) is 0 Å². The van der Waals surface area contributed by atoms with Crippen LogP contribution in [-0.2, 0) is 16.1 Å². The maximum absolute atomic E-state index is 11.9. The summed E-state index contributed by atoms with van der Waals surface area (Å²) in [5.74, 6) is -0.619. The van der Waals surface area contributed by atoms with Crippen molar-refractivity contribution in [3.63, 3.8) is 0 Å². The minimum Gasteiger partial charge on any atom is -0.352 e. The molecule has 0 fully saturated rings. The van der Waals surface area contributed by atoms with E-state index in [2.05, 4.69) is 15.7 Å². The Bertz CT molecular complexity index is 842. The van der Waals surface area contributed by atoms with Gasteiger partial charge in [0, 0.05) is 22.7 Å². The van der Waals surface area contributed by atoms with Gasteiger partial charge in [0.25, 0.3) is 0 Å². The van der Waals surface area contributed by atoms with Crippen molar-refractivity contribution in [3.8, 4) is 0 Å². The summed E-state index contributed by atoms with van der Waals surface area (Å²) in [4.78, 5) is 23.4. The zero-order valence-corrected chi connectivity index (χ0v) is 16.9. The summed E-state index contributed by atoms with van der Waals surface area (Å²) >= 11 is 12.3. The van der Waals surface area contributed by atoms with Crippen LogP contribution in [0, 0.1) is 6.92 Å². The van der Waals surface area contributed by atoms with Crippen LogP contribution < -0.4 is 10.6 Å². The van der Waals surface area contributed by atoms with Gasteiger partial charge in [-0.3, -0.25) is 9.59 Å². The third-order valence-electron chi connectivity index (χ3n) is 3.63. The zero-order valence-electron chi connectivity index (χ0n) is 15.4. The molecule has 0 aliphatic rings. The van der Waals surface area contributed by atoms with E-state index >= 15 is 0 Å². The first-order valence-electron chi connectivity index (χ1n) is 8.49. The lowest BCUT2D eigenvalue weighted by molar-refractivity contribution is -0.124. The standard InChI is InChI=1S/C19H22Cl2N4O2/c1-12(2)23-18(27)10-22-17(26)9-8-16-13(3)24-25(19(16)21)11-14-4-6-15(20)7-5-14/h4-9,12H,10-11H2,1-3H3,(H,22,26)(H,23,27)/b9-8+. The molecule has 1 heterocycles. The number of aromatic nitrogens is 2. The van der Waals surface area contributed by atoms with Gasteiger partial charge >= 0.3 is 0 Å². The normalized spacial score (nSPS) is 11.2. The molecule has 27 heavy (non-hydrogen) atoms. The SMILES string of the molecule is Cc1nn(Cc2ccc(Cl)cc2)c(Cl)c1/C=C/C(=O)NCC(=O)NC(C)C. The molecule has 0 aliphatic carbocycles. The third kappa shape index (κ3) is 6.41. The average molecular weight is 409 g/mol. The van der Waals surface area contributed by atoms with Crippen LogP contribution in [0.25, 0.3) is 6.08 Å². The minimum absolute atomic E-state index is 0.0258. The van der Waals surface area contributed by atoms with Crippen molar-refractivity contribution in [2.75, 3.05) is 6.54 Å². The average Bonchev–Trinajstić information content (AvgIpc) is 2.86. The second-order valence-electron chi connectivity index (χ2n) is 6.35. The first kappa shape index (κ1) is 21.0. The van der Waals surface area contributed by atoms with Gasteiger partial charge in [-0.25, -0.2) is 4.68 Å². The number of carbonyl (C=O) groups excluding carboxylic acids is 2. The van der Waals surface area contributed by atoms with Crippen LogP contribution in [0.4, 0.5) is 0 Å². The molecular formula is C19H22Cl2N4O2. The predicted octanol–water partition coefficient (Wildman–Crippen LogP) is 3.20. The maximum Gasteiger partial charge on any atom is 0.244 e. The van der Waals surface area contributed by atoms with Gasteiger partial charge < -0.3 is 10.6 Å². The van der Waals surface area contributed by atoms with Crippen LogP contribution in [0.15, 0.2) is 30.3 Å². The topological polar surface area (TPSA) is 76.0 Å². The number of carbonyl (C=O) groups is 2. The molecule has 0 saturated carbocycles. The molecule has 2 amide bonds. The molecule has 6 nitrogen and oxygen atoms in total. The maximum atomic E-state index is 11.9. The highest BCUT2D eigenvalue weighted by atomic mass is 35.5. The Balaban J connectivity index is 2.01. The van der Waals surface area contributed by atoms with Gasteiger partial charge in [0.2, 0.25) is 11.8 Å². The van der Waals surface area contributed by atoms with Crippen LogP contribution in [0.2, 0.25) is 10.2 Å². The van der Waals surface area contributed by atoms with E-state index in [-0.39, 0.29) is 24.4 Å². The molecule has 0 bridgehead atoms. The van der Waals surface area contributed by atoms with E-state index in [1.54, 1.807) is 10.8 Å². The fourth-order valence-corrected chi connectivity index (χ4v) is 2.81. The number of aryl methyl sites for hydroxylation is 1. The van der Waals surface area contributed by atoms with E-state index in [1.165, 1.54) is 6.08 Å². The lowest BCUT2D eigenvalue weighted by atomic mass is 10.2. The lowest BCUT2D eigenvalue weighted by Gasteiger charge is -2.08. The minimum atomic E-state index is -0.380. The van der Waals surface area contributed by atoms with E-state index < -0.39 is 0 Å². The van der Waals surface area contributed by atoms with Gasteiger partial charge in [0.1, 0.15) is 5.15 Å². The molecule has 2 N–H and O–H groups in total. The van der Waals surface area contributed by atoms with Crippen molar-refractivity contribution in [2.45, 2.75) is 33.4 Å². The quantitative estimate of drug-likeness (QED) is 0.690. The van der Waals surface area contributed by atoms with E-state index in [9.17, 15) is 9.59 Å². The van der Waals surface area contributed by atoms with Crippen molar-refractivity contribution >= 4 is 41.1 Å². The first-order valence-corrected chi connectivity index (χ1v) is 9.24. The van der Waals surface area contributed by atoms with Gasteiger partial charge in [0.05, 0.1) is 18.8 Å². The number of nitrogens with zero attached hydrogens (tertiary/aromatic N) is 2. The van der Waals surface area contributed by atoms with Gasteiger partial charge in [-0.05, 0) is 44.5 Å². The summed E-state index contributed by atoms with van der Waals surface area (Å²) in [6.45, 7) is 5.94. The second kappa shape index (κ2) is 9.58. The molecular weight excluding hydrogens is 387 g/mol. The monoisotopic (exact) mass is 408 g/mol. The number of benzene rings is 1. The van der Waals surface area contributed by atoms with Crippen LogP contribution in [0.1, 0.15) is 30.7 Å². The molecule has 0 unspecified atom stereocenters. The molecule has 1 aromatic carbocycles. The summed E-state index contributed by atoms with van der Waals surface area (Å²) in [7, 11) is 0. The summed E-state index contributed by atoms with van der Waals surface area (Å²) in [5.41, 5.74) is 2.37. The van der Waals surface area contributed by atoms with E-state index in [0.717, 1.165) is 5.56 Å². The smallest absolute Gasteiger partial charge is 0.244 e. The molecule has 8 heteroatoms. The largest absolute Gasteiger partial charge is 0.352 e. The third-order valence-corrected chi connectivity index (χ3v) is 4.28. The Morgan fingerprint density at radius 3 is 2.52 bits per heavy atom. The number of rotatable bonds is 7. The van der Waals surface area contributed by atoms with Crippen molar-refractivity contribution in [1.29, 1.82) is 0 Å². The van der Waals surface area contributed by atoms with E-state index in [4.69, 9.17) is 23.2 Å². The molecule has 0 radical (unpaired) electrons. The number of hydrogen-bond acceptors (Lipinski definition) is 3. The molecule has 0 aliphatic heterocycles. The molecule has 2 aromatic rings. The second-order valence-corrected chi connectivity index (χ2v) is 7.14. The van der Waals surface area contributed by atoms with Crippen molar-refractivity contribution in [2.24, 2.45) is 0 Å². The van der Waals surface area contributed by atoms with Crippen LogP contribution in [-0.4, -0.2) is 34.2 Å². The van der Waals surface area contributed by atoms with Crippen LogP contribution in [0.3, 0.4) is 0 Å². The number of hydrogen-bond donors (Lipinski definition) is 2. The van der Waals surface area contributed by atoms with E-state index in [0.29, 0.717) is 28.0 Å². The first-order chi connectivity index (χ1) is 12.8. The van der Waals surface area contributed by atoms with Crippen molar-refractivity contribution < 1.29 is 9.59 Å². The van der Waals surface area contributed by atoms with Gasteiger partial charge in [-0.2, -0.15) is 5.10 Å². The predicted molar refractivity (Wildman–Crippen MR) is 108 cm³/mol. The molecule has 1 aromatic heterocycles. The fraction of sp³-hybridized carbons (Fsp3) is 0.316. The molecule has 0 atom stereocenters. The number of amides is 2. The molecule has 0 saturated heterocycles. The fourth-order valence-electron chi connectivity index (χ4n) is 2.38. The summed E-state index contributed by atoms with van der Waals surface area (Å²) in [6, 6.07) is 7.45. The molecule has 2 rings (SSSR count). The Kier molecular flexibility index (Phi) is 7.45. The Labute approximate surface area is 168 Å². The summed E-state index contributed by atoms with van der Waals surface area (Å²) in [5, 5.41) is 10.7. The zero-order chi connectivity index (χ0) is 20.0. The van der Waals surface area contributed by atoms with Gasteiger partial charge in [-0.15, -0.1) is 0 Å². The molecule has 144 valence electrons. The van der Waals surface area contributed by atoms with Crippen LogP contribution >= 0.6 is 23.2 Å². The summed E-state index contributed by atoms with van der Waals surface area (Å²) in [6.07, 6.45) is 2.93.